The maximum Gasteiger partial charge on any atom is 0.408 e. The van der Waals surface area contributed by atoms with Crippen molar-refractivity contribution in [2.75, 3.05) is 6.61 Å². The maximum atomic E-state index is 11.8. The summed E-state index contributed by atoms with van der Waals surface area (Å²) in [5.74, 6) is -0.673. The highest BCUT2D eigenvalue weighted by Gasteiger charge is 2.20. The molecule has 0 heterocycles. The molecule has 0 aromatic heterocycles. The van der Waals surface area contributed by atoms with E-state index in [0.29, 0.717) is 11.3 Å². The van der Waals surface area contributed by atoms with Crippen LogP contribution in [0, 0.1) is 0 Å². The van der Waals surface area contributed by atoms with Crippen LogP contribution < -0.4 is 10.1 Å². The average molecular weight is 357 g/mol. The molecule has 0 aliphatic heterocycles. The van der Waals surface area contributed by atoms with E-state index in [1.165, 1.54) is 0 Å². The second-order valence-corrected chi connectivity index (χ2v) is 5.42. The number of benzene rings is 2. The molecule has 26 heavy (non-hydrogen) atoms. The van der Waals surface area contributed by atoms with Crippen LogP contribution in [0.3, 0.4) is 0 Å². The maximum absolute atomic E-state index is 11.8. The molecule has 0 saturated carbocycles. The van der Waals surface area contributed by atoms with Crippen molar-refractivity contribution < 1.29 is 29.0 Å². The molecule has 7 nitrogen and oxygen atoms in total. The lowest BCUT2D eigenvalue weighted by Gasteiger charge is -2.15. The molecule has 7 heteroatoms. The normalized spacial score (nSPS) is 11.2. The van der Waals surface area contributed by atoms with Crippen molar-refractivity contribution in [1.82, 2.24) is 5.32 Å². The second kappa shape index (κ2) is 9.83. The molecule has 1 unspecified atom stereocenters. The number of aldehydes is 1. The molecule has 2 aromatic rings. The molecule has 2 N–H and O–H groups in total. The number of carboxylic acids is 1. The summed E-state index contributed by atoms with van der Waals surface area (Å²) in [7, 11) is 0. The van der Waals surface area contributed by atoms with Crippen LogP contribution in [-0.4, -0.2) is 36.1 Å². The van der Waals surface area contributed by atoms with Crippen LogP contribution in [0.25, 0.3) is 0 Å². The Morgan fingerprint density at radius 3 is 2.38 bits per heavy atom. The Balaban J connectivity index is 1.77. The topological polar surface area (TPSA) is 102 Å². The van der Waals surface area contributed by atoms with E-state index in [0.717, 1.165) is 11.8 Å². The standard InChI is InChI=1S/C19H19NO6/c21-12-14-6-8-16(9-7-14)25-11-10-17(18(22)23)20-19(24)26-13-15-4-2-1-3-5-15/h1-9,12,17H,10-11,13H2,(H,20,24)(H,22,23). The predicted molar refractivity (Wildman–Crippen MR) is 93.1 cm³/mol. The summed E-state index contributed by atoms with van der Waals surface area (Å²) in [5, 5.41) is 11.5. The first kappa shape index (κ1) is 19.0. The fraction of sp³-hybridized carbons (Fsp3) is 0.211. The first-order chi connectivity index (χ1) is 12.6. The Labute approximate surface area is 150 Å². The van der Waals surface area contributed by atoms with Gasteiger partial charge in [-0.25, -0.2) is 9.59 Å². The Hall–Kier alpha value is -3.35. The van der Waals surface area contributed by atoms with Crippen LogP contribution in [0.1, 0.15) is 22.3 Å². The summed E-state index contributed by atoms with van der Waals surface area (Å²) in [6.45, 7) is 0.134. The minimum Gasteiger partial charge on any atom is -0.494 e. The van der Waals surface area contributed by atoms with E-state index in [2.05, 4.69) is 5.32 Å². The molecule has 0 fully saturated rings. The number of amides is 1. The minimum absolute atomic E-state index is 0.0542. The van der Waals surface area contributed by atoms with E-state index in [-0.39, 0.29) is 19.6 Å². The first-order valence-corrected chi connectivity index (χ1v) is 7.96. The number of carboxylic acid groups (broad SMARTS) is 1. The molecule has 1 amide bonds. The summed E-state index contributed by atoms with van der Waals surface area (Å²) in [6.07, 6.45) is -0.0305. The van der Waals surface area contributed by atoms with Gasteiger partial charge in [0, 0.05) is 12.0 Å². The first-order valence-electron chi connectivity index (χ1n) is 7.96. The number of hydrogen-bond donors (Lipinski definition) is 2. The molecule has 0 aliphatic rings. The summed E-state index contributed by atoms with van der Waals surface area (Å²) < 4.78 is 10.4. The van der Waals surface area contributed by atoms with Gasteiger partial charge in [0.2, 0.25) is 0 Å². The van der Waals surface area contributed by atoms with Gasteiger partial charge >= 0.3 is 12.1 Å². The Morgan fingerprint density at radius 1 is 1.08 bits per heavy atom. The van der Waals surface area contributed by atoms with Gasteiger partial charge in [0.15, 0.2) is 0 Å². The predicted octanol–water partition coefficient (Wildman–Crippen LogP) is 2.65. The van der Waals surface area contributed by atoms with Crippen LogP contribution in [-0.2, 0) is 16.1 Å². The average Bonchev–Trinajstić information content (AvgIpc) is 2.67. The van der Waals surface area contributed by atoms with E-state index in [4.69, 9.17) is 9.47 Å². The molecule has 2 aromatic carbocycles. The molecular weight excluding hydrogens is 338 g/mol. The van der Waals surface area contributed by atoms with Crippen LogP contribution in [0.5, 0.6) is 5.75 Å². The number of aliphatic carboxylic acids is 1. The van der Waals surface area contributed by atoms with Gasteiger partial charge in [-0.3, -0.25) is 4.79 Å². The number of carbonyl (C=O) groups is 3. The highest BCUT2D eigenvalue weighted by atomic mass is 16.5. The van der Waals surface area contributed by atoms with Gasteiger partial charge in [-0.05, 0) is 29.8 Å². The van der Waals surface area contributed by atoms with E-state index in [1.54, 1.807) is 36.4 Å². The summed E-state index contributed by atoms with van der Waals surface area (Å²) >= 11 is 0. The lowest BCUT2D eigenvalue weighted by atomic mass is 10.2. The molecule has 0 aliphatic carbocycles. The zero-order chi connectivity index (χ0) is 18.8. The monoisotopic (exact) mass is 357 g/mol. The fourth-order valence-corrected chi connectivity index (χ4v) is 2.10. The number of rotatable bonds is 9. The zero-order valence-electron chi connectivity index (χ0n) is 14.0. The Morgan fingerprint density at radius 2 is 1.77 bits per heavy atom. The lowest BCUT2D eigenvalue weighted by molar-refractivity contribution is -0.139. The lowest BCUT2D eigenvalue weighted by Crippen LogP contribution is -2.42. The van der Waals surface area contributed by atoms with Crippen LogP contribution >= 0.6 is 0 Å². The van der Waals surface area contributed by atoms with Crippen molar-refractivity contribution in [3.05, 3.63) is 65.7 Å². The van der Waals surface area contributed by atoms with Gasteiger partial charge in [0.1, 0.15) is 24.7 Å². The quantitative estimate of drug-likeness (QED) is 0.669. The van der Waals surface area contributed by atoms with Crippen molar-refractivity contribution in [3.8, 4) is 5.75 Å². The molecule has 2 rings (SSSR count). The number of nitrogens with one attached hydrogen (secondary N) is 1. The second-order valence-electron chi connectivity index (χ2n) is 5.42. The van der Waals surface area contributed by atoms with Crippen LogP contribution in [0.15, 0.2) is 54.6 Å². The van der Waals surface area contributed by atoms with Crippen molar-refractivity contribution >= 4 is 18.3 Å². The minimum atomic E-state index is -1.18. The molecule has 0 radical (unpaired) electrons. The Kier molecular flexibility index (Phi) is 7.17. The van der Waals surface area contributed by atoms with Gasteiger partial charge in [0.05, 0.1) is 6.61 Å². The highest BCUT2D eigenvalue weighted by Crippen LogP contribution is 2.11. The zero-order valence-corrected chi connectivity index (χ0v) is 14.0. The van der Waals surface area contributed by atoms with E-state index in [1.807, 2.05) is 18.2 Å². The highest BCUT2D eigenvalue weighted by molar-refractivity contribution is 5.79. The van der Waals surface area contributed by atoms with Gasteiger partial charge < -0.3 is 19.9 Å². The summed E-state index contributed by atoms with van der Waals surface area (Å²) in [4.78, 5) is 33.6. The van der Waals surface area contributed by atoms with Gasteiger partial charge in [-0.1, -0.05) is 30.3 Å². The van der Waals surface area contributed by atoms with Crippen molar-refractivity contribution in [2.45, 2.75) is 19.1 Å². The summed E-state index contributed by atoms with van der Waals surface area (Å²) in [5.41, 5.74) is 1.32. The third-order valence-electron chi connectivity index (χ3n) is 3.49. The number of carbonyl (C=O) groups excluding carboxylic acids is 2. The number of hydrogen-bond acceptors (Lipinski definition) is 5. The fourth-order valence-electron chi connectivity index (χ4n) is 2.10. The van der Waals surface area contributed by atoms with Crippen molar-refractivity contribution in [3.63, 3.8) is 0 Å². The molecule has 1 atom stereocenters. The smallest absolute Gasteiger partial charge is 0.408 e. The van der Waals surface area contributed by atoms with E-state index in [9.17, 15) is 19.5 Å². The number of alkyl carbamates (subject to hydrolysis) is 1. The Bertz CT molecular complexity index is 729. The molecule has 0 spiro atoms. The molecule has 136 valence electrons. The third kappa shape index (κ3) is 6.27. The van der Waals surface area contributed by atoms with Crippen molar-refractivity contribution in [2.24, 2.45) is 0 Å². The van der Waals surface area contributed by atoms with Crippen LogP contribution in [0.4, 0.5) is 4.79 Å². The molecule has 0 bridgehead atoms. The van der Waals surface area contributed by atoms with E-state index < -0.39 is 18.1 Å². The molecular formula is C19H19NO6. The summed E-state index contributed by atoms with van der Waals surface area (Å²) in [6, 6.07) is 14.3. The van der Waals surface area contributed by atoms with Crippen LogP contribution in [0.2, 0.25) is 0 Å². The van der Waals surface area contributed by atoms with Gasteiger partial charge in [-0.2, -0.15) is 0 Å². The molecule has 0 saturated heterocycles. The van der Waals surface area contributed by atoms with Gasteiger partial charge in [0.25, 0.3) is 0 Å². The third-order valence-corrected chi connectivity index (χ3v) is 3.49. The number of ether oxygens (including phenoxy) is 2. The van der Waals surface area contributed by atoms with Gasteiger partial charge in [-0.15, -0.1) is 0 Å². The van der Waals surface area contributed by atoms with E-state index >= 15 is 0 Å². The largest absolute Gasteiger partial charge is 0.494 e. The van der Waals surface area contributed by atoms with Crippen molar-refractivity contribution in [1.29, 1.82) is 0 Å². The SMILES string of the molecule is O=Cc1ccc(OCCC(NC(=O)OCc2ccccc2)C(=O)O)cc1.